The van der Waals surface area contributed by atoms with Crippen LogP contribution >= 0.6 is 0 Å². The number of ether oxygens (including phenoxy) is 1. The lowest BCUT2D eigenvalue weighted by atomic mass is 9.85. The topological polar surface area (TPSA) is 70.1 Å². The molecule has 0 radical (unpaired) electrons. The van der Waals surface area contributed by atoms with Gasteiger partial charge in [-0.25, -0.2) is 4.98 Å². The van der Waals surface area contributed by atoms with Crippen molar-refractivity contribution in [3.63, 3.8) is 0 Å². The number of fused-ring (bicyclic) bond motifs is 4. The molecule has 5 nitrogen and oxygen atoms in total. The maximum absolute atomic E-state index is 12.8. The van der Waals surface area contributed by atoms with Crippen LogP contribution in [0.25, 0.3) is 27.6 Å². The van der Waals surface area contributed by atoms with Gasteiger partial charge in [-0.1, -0.05) is 25.1 Å². The highest BCUT2D eigenvalue weighted by molar-refractivity contribution is 6.18. The Morgan fingerprint density at radius 3 is 2.64 bits per heavy atom. The molecule has 0 saturated carbocycles. The van der Waals surface area contributed by atoms with E-state index < -0.39 is 0 Å². The van der Waals surface area contributed by atoms with Gasteiger partial charge in [-0.15, -0.1) is 0 Å². The molecule has 5 heteroatoms. The highest BCUT2D eigenvalue weighted by atomic mass is 16.5. The molecular weight excluding hydrogens is 350 g/mol. The van der Waals surface area contributed by atoms with Crippen molar-refractivity contribution in [1.29, 1.82) is 0 Å². The van der Waals surface area contributed by atoms with E-state index in [1.807, 2.05) is 49.4 Å². The van der Waals surface area contributed by atoms with E-state index in [0.717, 1.165) is 51.9 Å². The monoisotopic (exact) mass is 371 g/mol. The maximum atomic E-state index is 12.8. The number of pyridine rings is 1. The van der Waals surface area contributed by atoms with Crippen LogP contribution in [0.1, 0.15) is 29.4 Å². The van der Waals surface area contributed by atoms with Crippen molar-refractivity contribution in [1.82, 2.24) is 9.55 Å². The first-order valence-corrected chi connectivity index (χ1v) is 9.50. The third-order valence-corrected chi connectivity index (χ3v) is 5.76. The van der Waals surface area contributed by atoms with Crippen LogP contribution in [0.3, 0.4) is 0 Å². The highest BCUT2D eigenvalue weighted by Gasteiger charge is 2.30. The van der Waals surface area contributed by atoms with E-state index in [0.29, 0.717) is 11.3 Å². The number of nitrogen functional groups attached to an aromatic ring is 1. The molecule has 1 aliphatic carbocycles. The van der Waals surface area contributed by atoms with Crippen LogP contribution in [-0.4, -0.2) is 22.4 Å². The van der Waals surface area contributed by atoms with Gasteiger partial charge in [0.05, 0.1) is 35.0 Å². The average Bonchev–Trinajstić information content (AvgIpc) is 3.05. The number of rotatable bonds is 2. The van der Waals surface area contributed by atoms with Crippen molar-refractivity contribution in [2.75, 3.05) is 12.8 Å². The van der Waals surface area contributed by atoms with Crippen LogP contribution in [0.4, 0.5) is 5.69 Å². The summed E-state index contributed by atoms with van der Waals surface area (Å²) in [6.07, 6.45) is 1.58. The highest BCUT2D eigenvalue weighted by Crippen LogP contribution is 2.39. The van der Waals surface area contributed by atoms with Gasteiger partial charge in [0.1, 0.15) is 11.4 Å². The summed E-state index contributed by atoms with van der Waals surface area (Å²) in [5.74, 6) is 0.896. The standard InChI is InChI=1S/C23H21N3O2/c1-13-7-12-17-20(22(13)27)21(24)19-16-5-3-4-6-18(16)26(23(19)25-17)14-8-10-15(28-2)11-9-14/h3-6,8-11,13H,7,12H2,1-2H3,(H2,24,25). The first-order valence-electron chi connectivity index (χ1n) is 9.50. The van der Waals surface area contributed by atoms with E-state index >= 15 is 0 Å². The maximum Gasteiger partial charge on any atom is 0.169 e. The van der Waals surface area contributed by atoms with Gasteiger partial charge in [-0.3, -0.25) is 9.36 Å². The summed E-state index contributed by atoms with van der Waals surface area (Å²) in [5.41, 5.74) is 11.4. The Kier molecular flexibility index (Phi) is 3.66. The predicted octanol–water partition coefficient (Wildman–Crippen LogP) is 4.53. The second-order valence-corrected chi connectivity index (χ2v) is 7.40. The quantitative estimate of drug-likeness (QED) is 0.562. The zero-order chi connectivity index (χ0) is 19.4. The van der Waals surface area contributed by atoms with Crippen LogP contribution in [0.15, 0.2) is 48.5 Å². The molecule has 0 bridgehead atoms. The number of para-hydroxylation sites is 1. The fourth-order valence-corrected chi connectivity index (χ4v) is 4.24. The second-order valence-electron chi connectivity index (χ2n) is 7.40. The first kappa shape index (κ1) is 16.8. The molecule has 1 unspecified atom stereocenters. The number of hydrogen-bond donors (Lipinski definition) is 1. The van der Waals surface area contributed by atoms with E-state index in [9.17, 15) is 4.79 Å². The van der Waals surface area contributed by atoms with Crippen molar-refractivity contribution >= 4 is 33.4 Å². The molecule has 0 saturated heterocycles. The number of Topliss-reactive ketones (excluding diaryl/α,β-unsaturated/α-hetero) is 1. The minimum absolute atomic E-state index is 0.0102. The molecule has 5 rings (SSSR count). The number of hydrogen-bond acceptors (Lipinski definition) is 4. The minimum Gasteiger partial charge on any atom is -0.497 e. The number of anilines is 1. The molecule has 2 aromatic carbocycles. The molecule has 0 spiro atoms. The van der Waals surface area contributed by atoms with Crippen molar-refractivity contribution in [3.8, 4) is 11.4 Å². The van der Waals surface area contributed by atoms with Gasteiger partial charge < -0.3 is 10.5 Å². The Balaban J connectivity index is 1.90. The Hall–Kier alpha value is -3.34. The molecule has 1 atom stereocenters. The second kappa shape index (κ2) is 6.09. The summed E-state index contributed by atoms with van der Waals surface area (Å²) in [6.45, 7) is 1.97. The SMILES string of the molecule is COc1ccc(-n2c3ccccc3c3c(N)c4c(nc32)CCC(C)C4=O)cc1. The number of benzene rings is 2. The molecule has 1 aliphatic rings. The molecule has 28 heavy (non-hydrogen) atoms. The number of nitrogens with two attached hydrogens (primary N) is 1. The van der Waals surface area contributed by atoms with E-state index in [4.69, 9.17) is 15.5 Å². The minimum atomic E-state index is -0.0102. The summed E-state index contributed by atoms with van der Waals surface area (Å²) in [6, 6.07) is 16.0. The smallest absolute Gasteiger partial charge is 0.169 e. The normalized spacial score (nSPS) is 16.5. The van der Waals surface area contributed by atoms with Crippen molar-refractivity contribution in [2.45, 2.75) is 19.8 Å². The number of nitrogens with zero attached hydrogens (tertiary/aromatic N) is 2. The molecule has 2 N–H and O–H groups in total. The first-order chi connectivity index (χ1) is 13.6. The van der Waals surface area contributed by atoms with E-state index in [2.05, 4.69) is 10.6 Å². The summed E-state index contributed by atoms with van der Waals surface area (Å²) in [4.78, 5) is 17.8. The molecular formula is C23H21N3O2. The third kappa shape index (κ3) is 2.26. The molecule has 0 amide bonds. The Morgan fingerprint density at radius 1 is 1.14 bits per heavy atom. The van der Waals surface area contributed by atoms with Crippen molar-refractivity contribution in [2.24, 2.45) is 5.92 Å². The lowest BCUT2D eigenvalue weighted by Crippen LogP contribution is -2.23. The summed E-state index contributed by atoms with van der Waals surface area (Å²) in [7, 11) is 1.65. The Labute approximate surface area is 162 Å². The summed E-state index contributed by atoms with van der Waals surface area (Å²) >= 11 is 0. The number of carbonyl (C=O) groups excluding carboxylic acids is 1. The fraction of sp³-hybridized carbons (Fsp3) is 0.217. The van der Waals surface area contributed by atoms with Crippen LogP contribution in [-0.2, 0) is 6.42 Å². The van der Waals surface area contributed by atoms with Gasteiger partial charge in [0.15, 0.2) is 5.78 Å². The largest absolute Gasteiger partial charge is 0.497 e. The van der Waals surface area contributed by atoms with E-state index in [1.165, 1.54) is 0 Å². The Bertz CT molecular complexity index is 1240. The van der Waals surface area contributed by atoms with Gasteiger partial charge in [0.25, 0.3) is 0 Å². The average molecular weight is 371 g/mol. The summed E-state index contributed by atoms with van der Waals surface area (Å²) in [5, 5.41) is 1.86. The number of aryl methyl sites for hydroxylation is 1. The predicted molar refractivity (Wildman–Crippen MR) is 111 cm³/mol. The number of ketones is 1. The lowest BCUT2D eigenvalue weighted by Gasteiger charge is -2.21. The molecule has 140 valence electrons. The van der Waals surface area contributed by atoms with Gasteiger partial charge in [0.2, 0.25) is 0 Å². The lowest BCUT2D eigenvalue weighted by molar-refractivity contribution is 0.0914. The Morgan fingerprint density at radius 2 is 1.89 bits per heavy atom. The van der Waals surface area contributed by atoms with Crippen LogP contribution in [0.2, 0.25) is 0 Å². The van der Waals surface area contributed by atoms with E-state index in [-0.39, 0.29) is 11.7 Å². The number of carbonyl (C=O) groups is 1. The van der Waals surface area contributed by atoms with Crippen molar-refractivity contribution < 1.29 is 9.53 Å². The van der Waals surface area contributed by atoms with Crippen LogP contribution in [0.5, 0.6) is 5.75 Å². The van der Waals surface area contributed by atoms with Gasteiger partial charge in [-0.2, -0.15) is 0 Å². The van der Waals surface area contributed by atoms with Crippen molar-refractivity contribution in [3.05, 3.63) is 59.8 Å². The third-order valence-electron chi connectivity index (χ3n) is 5.76. The zero-order valence-corrected chi connectivity index (χ0v) is 15.9. The molecule has 0 fully saturated rings. The van der Waals surface area contributed by atoms with Crippen LogP contribution in [0, 0.1) is 5.92 Å². The molecule has 2 heterocycles. The number of aromatic nitrogens is 2. The molecule has 2 aromatic heterocycles. The fourth-order valence-electron chi connectivity index (χ4n) is 4.24. The van der Waals surface area contributed by atoms with Gasteiger partial charge >= 0.3 is 0 Å². The van der Waals surface area contributed by atoms with E-state index in [1.54, 1.807) is 7.11 Å². The number of methoxy groups -OCH3 is 1. The van der Waals surface area contributed by atoms with Crippen LogP contribution < -0.4 is 10.5 Å². The molecule has 0 aliphatic heterocycles. The van der Waals surface area contributed by atoms with Gasteiger partial charge in [-0.05, 0) is 43.2 Å². The van der Waals surface area contributed by atoms with Gasteiger partial charge in [0, 0.05) is 17.0 Å². The zero-order valence-electron chi connectivity index (χ0n) is 15.9. The summed E-state index contributed by atoms with van der Waals surface area (Å²) < 4.78 is 7.41. The molecule has 4 aromatic rings.